The third-order valence-corrected chi connectivity index (χ3v) is 4.44. The zero-order chi connectivity index (χ0) is 18.0. The molecule has 1 amide bonds. The predicted octanol–water partition coefficient (Wildman–Crippen LogP) is 3.11. The lowest BCUT2D eigenvalue weighted by atomic mass is 10.2. The lowest BCUT2D eigenvalue weighted by Gasteiger charge is -2.17. The van der Waals surface area contributed by atoms with Gasteiger partial charge in [-0.15, -0.1) is 0 Å². The number of imidazole rings is 2. The third kappa shape index (κ3) is 3.57. The maximum absolute atomic E-state index is 12.4. The van der Waals surface area contributed by atoms with Crippen molar-refractivity contribution in [2.24, 2.45) is 0 Å². The molecule has 0 fully saturated rings. The third-order valence-electron chi connectivity index (χ3n) is 4.44. The highest BCUT2D eigenvalue weighted by Crippen LogP contribution is 2.17. The number of hydrogen-bond donors (Lipinski definition) is 2. The Labute approximate surface area is 147 Å². The average Bonchev–Trinajstić information content (AvgIpc) is 3.21. The molecule has 2 N–H and O–H groups in total. The van der Waals surface area contributed by atoms with Crippen molar-refractivity contribution in [2.45, 2.75) is 46.1 Å². The van der Waals surface area contributed by atoms with Crippen LogP contribution in [0.25, 0.3) is 11.0 Å². The second-order valence-corrected chi connectivity index (χ2v) is 6.72. The number of benzene rings is 1. The van der Waals surface area contributed by atoms with Crippen LogP contribution in [0.15, 0.2) is 30.6 Å². The average molecular weight is 339 g/mol. The lowest BCUT2D eigenvalue weighted by Crippen LogP contribution is -2.33. The van der Waals surface area contributed by atoms with E-state index in [1.165, 1.54) is 0 Å². The highest BCUT2D eigenvalue weighted by atomic mass is 16.2. The molecular weight excluding hydrogens is 314 g/mol. The van der Waals surface area contributed by atoms with Gasteiger partial charge in [0.05, 0.1) is 11.0 Å². The Kier molecular flexibility index (Phi) is 4.88. The van der Waals surface area contributed by atoms with Crippen molar-refractivity contribution >= 4 is 16.9 Å². The normalized spacial score (nSPS) is 12.7. The van der Waals surface area contributed by atoms with Crippen LogP contribution in [0.1, 0.15) is 49.9 Å². The van der Waals surface area contributed by atoms with Crippen LogP contribution >= 0.6 is 0 Å². The zero-order valence-corrected chi connectivity index (χ0v) is 15.2. The number of amides is 1. The number of rotatable bonds is 6. The van der Waals surface area contributed by atoms with E-state index in [-0.39, 0.29) is 17.9 Å². The summed E-state index contributed by atoms with van der Waals surface area (Å²) in [5.74, 6) is 2.09. The topological polar surface area (TPSA) is 75.6 Å². The van der Waals surface area contributed by atoms with Crippen LogP contribution in [-0.4, -0.2) is 32.0 Å². The molecule has 1 unspecified atom stereocenters. The maximum Gasteiger partial charge on any atom is 0.242 e. The SMILES string of the molecule is Cc1cccc2[nH]c(CCNC(=O)C(C)n3ccnc3C(C)C)nc12. The van der Waals surface area contributed by atoms with E-state index in [0.717, 1.165) is 28.2 Å². The van der Waals surface area contributed by atoms with Gasteiger partial charge in [-0.2, -0.15) is 0 Å². The van der Waals surface area contributed by atoms with Gasteiger partial charge in [-0.1, -0.05) is 26.0 Å². The predicted molar refractivity (Wildman–Crippen MR) is 98.6 cm³/mol. The number of H-pyrrole nitrogens is 1. The van der Waals surface area contributed by atoms with Crippen LogP contribution in [0.4, 0.5) is 0 Å². The van der Waals surface area contributed by atoms with Gasteiger partial charge in [0.1, 0.15) is 17.7 Å². The van der Waals surface area contributed by atoms with Gasteiger partial charge in [0.25, 0.3) is 0 Å². The molecular formula is C19H25N5O. The molecule has 2 aromatic heterocycles. The first-order chi connectivity index (χ1) is 12.0. The minimum atomic E-state index is -0.280. The van der Waals surface area contributed by atoms with E-state index in [1.807, 2.05) is 42.8 Å². The maximum atomic E-state index is 12.4. The molecule has 1 atom stereocenters. The number of carbonyl (C=O) groups is 1. The number of para-hydroxylation sites is 1. The molecule has 132 valence electrons. The van der Waals surface area contributed by atoms with Crippen LogP contribution < -0.4 is 5.32 Å². The highest BCUT2D eigenvalue weighted by molar-refractivity contribution is 5.80. The van der Waals surface area contributed by atoms with E-state index in [2.05, 4.69) is 34.1 Å². The van der Waals surface area contributed by atoms with E-state index in [9.17, 15) is 4.79 Å². The van der Waals surface area contributed by atoms with E-state index in [1.54, 1.807) is 6.20 Å². The molecule has 0 aliphatic heterocycles. The molecule has 0 spiro atoms. The minimum absolute atomic E-state index is 0.00723. The number of aromatic amines is 1. The quantitative estimate of drug-likeness (QED) is 0.724. The fourth-order valence-corrected chi connectivity index (χ4v) is 3.02. The number of aromatic nitrogens is 4. The molecule has 0 bridgehead atoms. The van der Waals surface area contributed by atoms with Gasteiger partial charge in [0.15, 0.2) is 0 Å². The number of nitrogens with zero attached hydrogens (tertiary/aromatic N) is 3. The molecule has 3 rings (SSSR count). The standard InChI is InChI=1S/C19H25N5O/c1-12(2)18-20-10-11-24(18)14(4)19(25)21-9-8-16-22-15-7-5-6-13(3)17(15)23-16/h5-7,10-12,14H,8-9H2,1-4H3,(H,21,25)(H,22,23). The van der Waals surface area contributed by atoms with E-state index in [0.29, 0.717) is 13.0 Å². The fraction of sp³-hybridized carbons (Fsp3) is 0.421. The number of nitrogens with one attached hydrogen (secondary N) is 2. The summed E-state index contributed by atoms with van der Waals surface area (Å²) in [6.07, 6.45) is 4.28. The number of fused-ring (bicyclic) bond motifs is 1. The summed E-state index contributed by atoms with van der Waals surface area (Å²) in [6, 6.07) is 5.80. The summed E-state index contributed by atoms with van der Waals surface area (Å²) < 4.78 is 1.94. The van der Waals surface area contributed by atoms with Gasteiger partial charge < -0.3 is 14.9 Å². The molecule has 0 aliphatic rings. The summed E-state index contributed by atoms with van der Waals surface area (Å²) in [6.45, 7) is 8.65. The van der Waals surface area contributed by atoms with Gasteiger partial charge >= 0.3 is 0 Å². The summed E-state index contributed by atoms with van der Waals surface area (Å²) in [4.78, 5) is 24.7. The van der Waals surface area contributed by atoms with E-state index < -0.39 is 0 Å². The van der Waals surface area contributed by atoms with Gasteiger partial charge in [-0.25, -0.2) is 9.97 Å². The Balaban J connectivity index is 1.60. The second-order valence-electron chi connectivity index (χ2n) is 6.72. The first-order valence-electron chi connectivity index (χ1n) is 8.72. The first-order valence-corrected chi connectivity index (χ1v) is 8.72. The molecule has 3 aromatic rings. The largest absolute Gasteiger partial charge is 0.354 e. The zero-order valence-electron chi connectivity index (χ0n) is 15.2. The monoisotopic (exact) mass is 339 g/mol. The van der Waals surface area contributed by atoms with Crippen molar-refractivity contribution in [1.82, 2.24) is 24.8 Å². The lowest BCUT2D eigenvalue weighted by molar-refractivity contribution is -0.123. The van der Waals surface area contributed by atoms with Crippen molar-refractivity contribution in [2.75, 3.05) is 6.54 Å². The van der Waals surface area contributed by atoms with Crippen molar-refractivity contribution in [1.29, 1.82) is 0 Å². The van der Waals surface area contributed by atoms with Crippen LogP contribution in [0.3, 0.4) is 0 Å². The molecule has 0 saturated heterocycles. The summed E-state index contributed by atoms with van der Waals surface area (Å²) in [5, 5.41) is 3.00. The second kappa shape index (κ2) is 7.09. The summed E-state index contributed by atoms with van der Waals surface area (Å²) in [7, 11) is 0. The molecule has 0 saturated carbocycles. The van der Waals surface area contributed by atoms with Gasteiger partial charge in [0, 0.05) is 31.3 Å². The molecule has 0 radical (unpaired) electrons. The molecule has 6 nitrogen and oxygen atoms in total. The number of hydrogen-bond acceptors (Lipinski definition) is 3. The fourth-order valence-electron chi connectivity index (χ4n) is 3.02. The van der Waals surface area contributed by atoms with Gasteiger partial charge in [-0.3, -0.25) is 4.79 Å². The van der Waals surface area contributed by atoms with Crippen molar-refractivity contribution in [3.8, 4) is 0 Å². The Bertz CT molecular complexity index is 877. The molecule has 2 heterocycles. The molecule has 6 heteroatoms. The molecule has 0 aliphatic carbocycles. The molecule has 1 aromatic carbocycles. The van der Waals surface area contributed by atoms with E-state index in [4.69, 9.17) is 0 Å². The minimum Gasteiger partial charge on any atom is -0.354 e. The Hall–Kier alpha value is -2.63. The molecule has 25 heavy (non-hydrogen) atoms. The van der Waals surface area contributed by atoms with Gasteiger partial charge in [-0.05, 0) is 25.5 Å². The van der Waals surface area contributed by atoms with Crippen LogP contribution in [0.5, 0.6) is 0 Å². The van der Waals surface area contributed by atoms with Crippen LogP contribution in [0, 0.1) is 6.92 Å². The number of aryl methyl sites for hydroxylation is 1. The summed E-state index contributed by atoms with van der Waals surface area (Å²) in [5.41, 5.74) is 3.19. The smallest absolute Gasteiger partial charge is 0.242 e. The van der Waals surface area contributed by atoms with Crippen molar-refractivity contribution in [3.63, 3.8) is 0 Å². The Morgan fingerprint density at radius 2 is 2.12 bits per heavy atom. The highest BCUT2D eigenvalue weighted by Gasteiger charge is 2.18. The van der Waals surface area contributed by atoms with Gasteiger partial charge in [0.2, 0.25) is 5.91 Å². The van der Waals surface area contributed by atoms with Crippen LogP contribution in [-0.2, 0) is 11.2 Å². The van der Waals surface area contributed by atoms with Crippen molar-refractivity contribution < 1.29 is 4.79 Å². The first kappa shape index (κ1) is 17.2. The Morgan fingerprint density at radius 1 is 1.32 bits per heavy atom. The van der Waals surface area contributed by atoms with Crippen molar-refractivity contribution in [3.05, 3.63) is 47.8 Å². The Morgan fingerprint density at radius 3 is 2.84 bits per heavy atom. The van der Waals surface area contributed by atoms with Crippen LogP contribution in [0.2, 0.25) is 0 Å². The summed E-state index contributed by atoms with van der Waals surface area (Å²) >= 11 is 0. The number of carbonyl (C=O) groups excluding carboxylic acids is 1. The van der Waals surface area contributed by atoms with E-state index >= 15 is 0 Å².